The van der Waals surface area contributed by atoms with Crippen molar-refractivity contribution in [3.05, 3.63) is 47.6 Å². The maximum absolute atomic E-state index is 10.8. The number of hydrogen-bond acceptors (Lipinski definition) is 3. The van der Waals surface area contributed by atoms with Gasteiger partial charge in [0.15, 0.2) is 0 Å². The van der Waals surface area contributed by atoms with E-state index in [1.165, 1.54) is 5.56 Å². The Morgan fingerprint density at radius 2 is 2.30 bits per heavy atom. The van der Waals surface area contributed by atoms with Gasteiger partial charge in [0.2, 0.25) is 0 Å². The van der Waals surface area contributed by atoms with Gasteiger partial charge in [0.05, 0.1) is 6.54 Å². The lowest BCUT2D eigenvalue weighted by Gasteiger charge is -2.20. The molecule has 0 bridgehead atoms. The number of fused-ring (bicyclic) bond motifs is 1. The summed E-state index contributed by atoms with van der Waals surface area (Å²) in [5.74, 6) is 0.821. The van der Waals surface area contributed by atoms with Gasteiger partial charge in [0.1, 0.15) is 12.4 Å². The smallest absolute Gasteiger partial charge is 0.338 e. The first-order valence-corrected chi connectivity index (χ1v) is 6.42. The highest BCUT2D eigenvalue weighted by Crippen LogP contribution is 2.27. The van der Waals surface area contributed by atoms with E-state index in [1.807, 2.05) is 24.3 Å². The minimum atomic E-state index is -0.843. The van der Waals surface area contributed by atoms with Crippen LogP contribution in [0.15, 0.2) is 36.4 Å². The third kappa shape index (κ3) is 3.39. The van der Waals surface area contributed by atoms with Crippen molar-refractivity contribution in [3.8, 4) is 5.75 Å². The molecule has 0 saturated carbocycles. The number of hydroxylamine groups is 2. The molecule has 0 fully saturated rings. The van der Waals surface area contributed by atoms with Crippen molar-refractivity contribution in [2.45, 2.75) is 12.8 Å². The van der Waals surface area contributed by atoms with Crippen molar-refractivity contribution in [1.82, 2.24) is 5.06 Å². The summed E-state index contributed by atoms with van der Waals surface area (Å²) < 4.78 is 5.50. The normalized spacial score (nSPS) is 13.2. The molecular formula is C15H18N2O3. The average molecular weight is 274 g/mol. The fourth-order valence-electron chi connectivity index (χ4n) is 2.17. The summed E-state index contributed by atoms with van der Waals surface area (Å²) in [7, 11) is 0. The zero-order valence-corrected chi connectivity index (χ0v) is 11.2. The van der Waals surface area contributed by atoms with Crippen LogP contribution in [0.25, 0.3) is 6.08 Å². The first-order chi connectivity index (χ1) is 9.60. The standard InChI is InChI=1S/C15H18N2O3/c1-2-7-20-14-6-5-12-8-11(3-4-13(12)9-14)10-17(19)15(16)18/h2,5-6,8-9,19H,1,3-4,7,10H2,(H2,16,18). The summed E-state index contributed by atoms with van der Waals surface area (Å²) in [6.07, 6.45) is 5.31. The van der Waals surface area contributed by atoms with Gasteiger partial charge in [-0.15, -0.1) is 0 Å². The topological polar surface area (TPSA) is 75.8 Å². The van der Waals surface area contributed by atoms with Gasteiger partial charge in [-0.25, -0.2) is 9.86 Å². The van der Waals surface area contributed by atoms with E-state index in [4.69, 9.17) is 10.5 Å². The van der Waals surface area contributed by atoms with Gasteiger partial charge in [-0.1, -0.05) is 24.8 Å². The number of rotatable bonds is 5. The Labute approximate surface area is 117 Å². The number of primary amides is 1. The second-order valence-electron chi connectivity index (χ2n) is 4.66. The van der Waals surface area contributed by atoms with Crippen molar-refractivity contribution in [3.63, 3.8) is 0 Å². The van der Waals surface area contributed by atoms with Crippen LogP contribution in [0.3, 0.4) is 0 Å². The summed E-state index contributed by atoms with van der Waals surface area (Å²) in [6.45, 7) is 4.24. The quantitative estimate of drug-likeness (QED) is 0.491. The molecule has 0 aliphatic heterocycles. The highest BCUT2D eigenvalue weighted by Gasteiger charge is 2.15. The average Bonchev–Trinajstić information content (AvgIpc) is 2.44. The fourth-order valence-corrected chi connectivity index (χ4v) is 2.17. The molecule has 2 amide bonds. The van der Waals surface area contributed by atoms with Crippen LogP contribution >= 0.6 is 0 Å². The first kappa shape index (κ1) is 14.1. The van der Waals surface area contributed by atoms with Crippen molar-refractivity contribution >= 4 is 12.1 Å². The number of aryl methyl sites for hydroxylation is 1. The molecule has 3 N–H and O–H groups in total. The summed E-state index contributed by atoms with van der Waals surface area (Å²) in [5.41, 5.74) is 8.24. The van der Waals surface area contributed by atoms with Crippen molar-refractivity contribution in [1.29, 1.82) is 0 Å². The van der Waals surface area contributed by atoms with Crippen molar-refractivity contribution < 1.29 is 14.7 Å². The molecule has 1 aromatic rings. The fraction of sp³-hybridized carbons (Fsp3) is 0.267. The van der Waals surface area contributed by atoms with Crippen LogP contribution in [0.4, 0.5) is 4.79 Å². The van der Waals surface area contributed by atoms with E-state index in [0.717, 1.165) is 29.7 Å². The number of benzene rings is 1. The van der Waals surface area contributed by atoms with Crippen molar-refractivity contribution in [2.75, 3.05) is 13.2 Å². The number of hydrogen-bond donors (Lipinski definition) is 2. The molecule has 0 atom stereocenters. The Hall–Kier alpha value is -2.27. The molecule has 0 spiro atoms. The Kier molecular flexibility index (Phi) is 4.42. The third-order valence-electron chi connectivity index (χ3n) is 3.16. The van der Waals surface area contributed by atoms with E-state index < -0.39 is 6.03 Å². The second-order valence-corrected chi connectivity index (χ2v) is 4.66. The highest BCUT2D eigenvalue weighted by atomic mass is 16.5. The maximum atomic E-state index is 10.8. The maximum Gasteiger partial charge on any atom is 0.338 e. The van der Waals surface area contributed by atoms with E-state index in [-0.39, 0.29) is 6.54 Å². The molecule has 106 valence electrons. The summed E-state index contributed by atoms with van der Waals surface area (Å²) in [4.78, 5) is 10.8. The number of carbonyl (C=O) groups is 1. The predicted molar refractivity (Wildman–Crippen MR) is 76.5 cm³/mol. The van der Waals surface area contributed by atoms with Gasteiger partial charge >= 0.3 is 6.03 Å². The second kappa shape index (κ2) is 6.25. The lowest BCUT2D eigenvalue weighted by Crippen LogP contribution is -2.34. The molecule has 1 aromatic carbocycles. The molecule has 0 heterocycles. The van der Waals surface area contributed by atoms with Gasteiger partial charge in [0, 0.05) is 0 Å². The molecule has 20 heavy (non-hydrogen) atoms. The largest absolute Gasteiger partial charge is 0.490 e. The van der Waals surface area contributed by atoms with E-state index in [9.17, 15) is 10.0 Å². The molecule has 0 aromatic heterocycles. The monoisotopic (exact) mass is 274 g/mol. The lowest BCUT2D eigenvalue weighted by atomic mass is 9.92. The first-order valence-electron chi connectivity index (χ1n) is 6.42. The molecule has 1 aliphatic rings. The molecule has 0 radical (unpaired) electrons. The van der Waals surface area contributed by atoms with E-state index in [1.54, 1.807) is 6.08 Å². The Morgan fingerprint density at radius 1 is 1.50 bits per heavy atom. The van der Waals surface area contributed by atoms with Crippen LogP contribution in [-0.2, 0) is 6.42 Å². The number of nitrogens with zero attached hydrogens (tertiary/aromatic N) is 1. The molecule has 0 saturated heterocycles. The Bertz CT molecular complexity index is 552. The van der Waals surface area contributed by atoms with Crippen LogP contribution in [0.2, 0.25) is 0 Å². The van der Waals surface area contributed by atoms with E-state index in [2.05, 4.69) is 6.58 Å². The number of nitrogens with two attached hydrogens (primary N) is 1. The minimum Gasteiger partial charge on any atom is -0.490 e. The Morgan fingerprint density at radius 3 is 3.00 bits per heavy atom. The molecule has 5 heteroatoms. The van der Waals surface area contributed by atoms with Crippen LogP contribution in [0.1, 0.15) is 17.5 Å². The van der Waals surface area contributed by atoms with E-state index in [0.29, 0.717) is 11.7 Å². The van der Waals surface area contributed by atoms with Gasteiger partial charge in [-0.3, -0.25) is 5.21 Å². The van der Waals surface area contributed by atoms with Gasteiger partial charge in [0.25, 0.3) is 0 Å². The Balaban J connectivity index is 2.11. The van der Waals surface area contributed by atoms with Gasteiger partial charge in [-0.2, -0.15) is 0 Å². The zero-order chi connectivity index (χ0) is 14.5. The zero-order valence-electron chi connectivity index (χ0n) is 11.2. The minimum absolute atomic E-state index is 0.142. The molecular weight excluding hydrogens is 256 g/mol. The molecule has 2 rings (SSSR count). The predicted octanol–water partition coefficient (Wildman–Crippen LogP) is 2.35. The van der Waals surface area contributed by atoms with Crippen molar-refractivity contribution in [2.24, 2.45) is 5.73 Å². The van der Waals surface area contributed by atoms with Gasteiger partial charge in [-0.05, 0) is 41.7 Å². The van der Waals surface area contributed by atoms with Crippen LogP contribution in [-0.4, -0.2) is 29.5 Å². The van der Waals surface area contributed by atoms with Crippen LogP contribution in [0.5, 0.6) is 5.75 Å². The number of carbonyl (C=O) groups excluding carboxylic acids is 1. The lowest BCUT2D eigenvalue weighted by molar-refractivity contribution is -0.0313. The SMILES string of the molecule is C=CCOc1ccc2c(c1)CCC(CN(O)C(N)=O)=C2. The number of ether oxygens (including phenoxy) is 1. The van der Waals surface area contributed by atoms with E-state index >= 15 is 0 Å². The highest BCUT2D eigenvalue weighted by molar-refractivity contribution is 5.71. The van der Waals surface area contributed by atoms with Gasteiger partial charge < -0.3 is 10.5 Å². The van der Waals surface area contributed by atoms with Crippen LogP contribution in [0, 0.1) is 0 Å². The van der Waals surface area contributed by atoms with Crippen LogP contribution < -0.4 is 10.5 Å². The summed E-state index contributed by atoms with van der Waals surface area (Å²) in [6, 6.07) is 5.03. The molecule has 0 unspecified atom stereocenters. The molecule has 1 aliphatic carbocycles. The number of urea groups is 1. The summed E-state index contributed by atoms with van der Waals surface area (Å²) >= 11 is 0. The summed E-state index contributed by atoms with van der Waals surface area (Å²) in [5, 5.41) is 9.88. The molecule has 5 nitrogen and oxygen atoms in total. The third-order valence-corrected chi connectivity index (χ3v) is 3.16. The number of amides is 2.